The van der Waals surface area contributed by atoms with E-state index >= 15 is 0 Å². The SMILES string of the molecule is CC1CN(c2oc(C(C3CCC(C(c4cccs4)N(C)C)CC3)N3CCOCC3)nc2Cc2ccccc2)CC(C)O1. The summed E-state index contributed by atoms with van der Waals surface area (Å²) in [5.41, 5.74) is 2.31. The van der Waals surface area contributed by atoms with Gasteiger partial charge in [0.15, 0.2) is 0 Å². The van der Waals surface area contributed by atoms with Crippen molar-refractivity contribution in [2.75, 3.05) is 58.4 Å². The standard InChI is InChI=1S/C34H48N4O3S/c1-24-22-38(23-25(2)40-24)34-29(21-26-9-6-5-7-10-26)35-33(41-34)32(37-16-18-39-19-17-37)28-14-12-27(13-15-28)31(36(3)4)30-11-8-20-42-30/h5-11,20,24-25,27-28,31-32H,12-19,21-23H2,1-4H3. The molecule has 3 aliphatic rings. The quantitative estimate of drug-likeness (QED) is 0.284. The second kappa shape index (κ2) is 13.6. The number of hydrogen-bond acceptors (Lipinski definition) is 8. The van der Waals surface area contributed by atoms with Gasteiger partial charge in [0.05, 0.1) is 31.5 Å². The van der Waals surface area contributed by atoms with Crippen LogP contribution in [0.15, 0.2) is 52.3 Å². The maximum atomic E-state index is 6.93. The Hall–Kier alpha value is -2.23. The smallest absolute Gasteiger partial charge is 0.220 e. The molecule has 4 unspecified atom stereocenters. The third kappa shape index (κ3) is 6.78. The van der Waals surface area contributed by atoms with Crippen LogP contribution in [0.25, 0.3) is 0 Å². The highest BCUT2D eigenvalue weighted by Crippen LogP contribution is 2.46. The first-order chi connectivity index (χ1) is 20.5. The lowest BCUT2D eigenvalue weighted by molar-refractivity contribution is -0.0161. The normalized spacial score (nSPS) is 27.3. The van der Waals surface area contributed by atoms with Gasteiger partial charge in [0, 0.05) is 43.5 Å². The fourth-order valence-corrected chi connectivity index (χ4v) is 8.65. The number of thiophene rings is 1. The van der Waals surface area contributed by atoms with Gasteiger partial charge in [-0.3, -0.25) is 4.90 Å². The van der Waals surface area contributed by atoms with Crippen molar-refractivity contribution < 1.29 is 13.9 Å². The van der Waals surface area contributed by atoms with Crippen LogP contribution in [-0.2, 0) is 15.9 Å². The fourth-order valence-electron chi connectivity index (χ4n) is 7.64. The van der Waals surface area contributed by atoms with E-state index in [4.69, 9.17) is 18.9 Å². The number of benzene rings is 1. The van der Waals surface area contributed by atoms with Crippen LogP contribution in [0, 0.1) is 11.8 Å². The molecule has 1 aromatic carbocycles. The zero-order chi connectivity index (χ0) is 29.1. The first-order valence-corrected chi connectivity index (χ1v) is 16.8. The van der Waals surface area contributed by atoms with E-state index in [-0.39, 0.29) is 18.2 Å². The summed E-state index contributed by atoms with van der Waals surface area (Å²) in [5.74, 6) is 3.03. The van der Waals surface area contributed by atoms with Crippen molar-refractivity contribution in [3.63, 3.8) is 0 Å². The van der Waals surface area contributed by atoms with Gasteiger partial charge in [-0.15, -0.1) is 11.3 Å². The highest BCUT2D eigenvalue weighted by Gasteiger charge is 2.40. The maximum absolute atomic E-state index is 6.93. The van der Waals surface area contributed by atoms with E-state index in [1.165, 1.54) is 36.1 Å². The molecular formula is C34H48N4O3S. The number of morpholine rings is 2. The lowest BCUT2D eigenvalue weighted by Gasteiger charge is -2.42. The molecule has 7 nitrogen and oxygen atoms in total. The maximum Gasteiger partial charge on any atom is 0.220 e. The Kier molecular flexibility index (Phi) is 9.66. The van der Waals surface area contributed by atoms with Gasteiger partial charge in [0.1, 0.15) is 5.69 Å². The molecule has 4 heterocycles. The lowest BCUT2D eigenvalue weighted by Crippen LogP contribution is -2.45. The molecule has 0 amide bonds. The van der Waals surface area contributed by atoms with Crippen LogP contribution in [0.4, 0.5) is 5.88 Å². The zero-order valence-corrected chi connectivity index (χ0v) is 26.6. The van der Waals surface area contributed by atoms with E-state index in [0.29, 0.717) is 17.9 Å². The van der Waals surface area contributed by atoms with E-state index < -0.39 is 0 Å². The molecule has 2 aliphatic heterocycles. The van der Waals surface area contributed by atoms with Crippen molar-refractivity contribution in [1.82, 2.24) is 14.8 Å². The third-order valence-corrected chi connectivity index (χ3v) is 10.4. The Balaban J connectivity index is 1.29. The minimum atomic E-state index is 0.158. The van der Waals surface area contributed by atoms with Crippen LogP contribution in [0.3, 0.4) is 0 Å². The van der Waals surface area contributed by atoms with Gasteiger partial charge in [-0.25, -0.2) is 4.98 Å². The first-order valence-electron chi connectivity index (χ1n) is 15.9. The van der Waals surface area contributed by atoms with Gasteiger partial charge in [0.2, 0.25) is 11.8 Å². The lowest BCUT2D eigenvalue weighted by atomic mass is 9.74. The summed E-state index contributed by atoms with van der Waals surface area (Å²) >= 11 is 1.90. The van der Waals surface area contributed by atoms with Gasteiger partial charge in [-0.2, -0.15) is 0 Å². The molecule has 3 fully saturated rings. The van der Waals surface area contributed by atoms with E-state index in [2.05, 4.69) is 90.5 Å². The molecule has 2 aromatic heterocycles. The van der Waals surface area contributed by atoms with Crippen molar-refractivity contribution in [2.45, 2.75) is 70.2 Å². The number of rotatable bonds is 9. The van der Waals surface area contributed by atoms with Crippen molar-refractivity contribution in [3.8, 4) is 0 Å². The molecule has 1 saturated carbocycles. The Morgan fingerprint density at radius 1 is 0.929 bits per heavy atom. The predicted octanol–water partition coefficient (Wildman–Crippen LogP) is 6.42. The number of aromatic nitrogens is 1. The average molecular weight is 593 g/mol. The van der Waals surface area contributed by atoms with Gasteiger partial charge in [-0.1, -0.05) is 36.4 Å². The van der Waals surface area contributed by atoms with Crippen LogP contribution in [0.1, 0.15) is 73.6 Å². The van der Waals surface area contributed by atoms with E-state index in [1.807, 2.05) is 11.3 Å². The third-order valence-electron chi connectivity index (χ3n) is 9.41. The summed E-state index contributed by atoms with van der Waals surface area (Å²) < 4.78 is 18.8. The topological polar surface area (TPSA) is 54.2 Å². The fraction of sp³-hybridized carbons (Fsp3) is 0.618. The van der Waals surface area contributed by atoms with Crippen LogP contribution >= 0.6 is 11.3 Å². The largest absolute Gasteiger partial charge is 0.423 e. The van der Waals surface area contributed by atoms with Crippen LogP contribution in [-0.4, -0.2) is 80.5 Å². The number of hydrogen-bond donors (Lipinski definition) is 0. The molecule has 4 atom stereocenters. The molecule has 0 bridgehead atoms. The summed E-state index contributed by atoms with van der Waals surface area (Å²) in [5, 5.41) is 2.22. The summed E-state index contributed by atoms with van der Waals surface area (Å²) in [6, 6.07) is 15.9. The monoisotopic (exact) mass is 592 g/mol. The van der Waals surface area contributed by atoms with Gasteiger partial charge in [0.25, 0.3) is 0 Å². The number of oxazole rings is 1. The molecule has 2 saturated heterocycles. The molecule has 6 rings (SSSR count). The van der Waals surface area contributed by atoms with Crippen molar-refractivity contribution in [3.05, 3.63) is 69.9 Å². The molecule has 3 aromatic rings. The molecule has 8 heteroatoms. The van der Waals surface area contributed by atoms with Crippen LogP contribution < -0.4 is 4.90 Å². The van der Waals surface area contributed by atoms with Crippen LogP contribution in [0.2, 0.25) is 0 Å². The number of ether oxygens (including phenoxy) is 2. The molecule has 0 spiro atoms. The second-order valence-corrected chi connectivity index (χ2v) is 13.8. The number of nitrogens with zero attached hydrogens (tertiary/aromatic N) is 4. The number of anilines is 1. The Morgan fingerprint density at radius 2 is 1.62 bits per heavy atom. The van der Waals surface area contributed by atoms with E-state index in [0.717, 1.165) is 63.3 Å². The Labute approximate surface area is 255 Å². The first kappa shape index (κ1) is 29.8. The Bertz CT molecular complexity index is 1220. The minimum Gasteiger partial charge on any atom is -0.423 e. The van der Waals surface area contributed by atoms with Gasteiger partial charge < -0.3 is 23.7 Å². The van der Waals surface area contributed by atoms with Gasteiger partial charge >= 0.3 is 0 Å². The highest BCUT2D eigenvalue weighted by atomic mass is 32.1. The summed E-state index contributed by atoms with van der Waals surface area (Å²) in [6.07, 6.45) is 5.94. The predicted molar refractivity (Wildman–Crippen MR) is 169 cm³/mol. The molecule has 1 aliphatic carbocycles. The molecule has 0 N–H and O–H groups in total. The minimum absolute atomic E-state index is 0.158. The summed E-state index contributed by atoms with van der Waals surface area (Å²) in [4.78, 5) is 14.3. The van der Waals surface area contributed by atoms with Crippen molar-refractivity contribution >= 4 is 17.2 Å². The van der Waals surface area contributed by atoms with E-state index in [1.54, 1.807) is 0 Å². The average Bonchev–Trinajstić information content (AvgIpc) is 3.65. The summed E-state index contributed by atoms with van der Waals surface area (Å²) in [6.45, 7) is 9.36. The molecule has 42 heavy (non-hydrogen) atoms. The van der Waals surface area contributed by atoms with Crippen LogP contribution in [0.5, 0.6) is 0 Å². The molecular weight excluding hydrogens is 544 g/mol. The van der Waals surface area contributed by atoms with Gasteiger partial charge in [-0.05, 0) is 82.5 Å². The molecule has 228 valence electrons. The van der Waals surface area contributed by atoms with E-state index in [9.17, 15) is 0 Å². The zero-order valence-electron chi connectivity index (χ0n) is 25.8. The van der Waals surface area contributed by atoms with Crippen molar-refractivity contribution in [2.24, 2.45) is 11.8 Å². The second-order valence-electron chi connectivity index (χ2n) is 12.8. The molecule has 0 radical (unpaired) electrons. The Morgan fingerprint density at radius 3 is 2.26 bits per heavy atom. The summed E-state index contributed by atoms with van der Waals surface area (Å²) in [7, 11) is 4.48. The highest BCUT2D eigenvalue weighted by molar-refractivity contribution is 7.10. The van der Waals surface area contributed by atoms with Crippen molar-refractivity contribution in [1.29, 1.82) is 0 Å².